The molecule has 0 aromatic heterocycles. The molecule has 1 radical (unpaired) electrons. The van der Waals surface area contributed by atoms with Crippen LogP contribution in [-0.4, -0.2) is 90.6 Å². The molecule has 4 fully saturated rings. The first kappa shape index (κ1) is 41.5. The van der Waals surface area contributed by atoms with Gasteiger partial charge in [0.05, 0.1) is 42.2 Å². The Labute approximate surface area is 315 Å². The fraction of sp³-hybridized carbons (Fsp3) is 1.00. The first-order valence-corrected chi connectivity index (χ1v) is 18.0. The minimum Gasteiger partial charge on any atom is -0.390 e. The summed E-state index contributed by atoms with van der Waals surface area (Å²) in [6.07, 6.45) is -1.79. The van der Waals surface area contributed by atoms with Crippen molar-refractivity contribution in [3.63, 3.8) is 0 Å². The van der Waals surface area contributed by atoms with E-state index in [1.165, 1.54) is 0 Å². The van der Waals surface area contributed by atoms with Gasteiger partial charge >= 0.3 is 0 Å². The van der Waals surface area contributed by atoms with Crippen LogP contribution >= 0.6 is 0 Å². The van der Waals surface area contributed by atoms with Crippen LogP contribution in [0.4, 0.5) is 0 Å². The zero-order valence-corrected chi connectivity index (χ0v) is 35.7. The van der Waals surface area contributed by atoms with Gasteiger partial charge in [0.2, 0.25) is 0 Å². The van der Waals surface area contributed by atoms with Crippen molar-refractivity contribution in [3.05, 3.63) is 0 Å². The van der Waals surface area contributed by atoms with Crippen LogP contribution in [0, 0.1) is 91.4 Å². The molecule has 3 saturated heterocycles. The van der Waals surface area contributed by atoms with E-state index < -0.39 is 36.7 Å². The standard InChI is InChI=1S/C36H66O9.Ac/c1-14-25-28(21(8)33(38)43-32-27(16-3)40-24(11)20(7)30(32)39-13)36(25,12)45-35-22(9)29(37)31(26(15-2)42-35)44-34-19(6)17(4)18(5)23(10)41-34;/h17-35,37-38H,14-16H2,1-13H3;/t17?,18-,19?,20?,21?,22?,23?,24+,25-,26?,27?,28+,29+,30?,31-,32+,33+,34+,35-,36?;/m0./s1. The molecule has 267 valence electrons. The van der Waals surface area contributed by atoms with Crippen LogP contribution in [0.2, 0.25) is 0 Å². The van der Waals surface area contributed by atoms with Gasteiger partial charge < -0.3 is 43.4 Å². The molecule has 2 N–H and O–H groups in total. The van der Waals surface area contributed by atoms with Gasteiger partial charge in [0.25, 0.3) is 0 Å². The molecule has 10 heteroatoms. The molecule has 4 aliphatic rings. The molecule has 0 spiro atoms. The summed E-state index contributed by atoms with van der Waals surface area (Å²) in [5, 5.41) is 23.1. The number of aliphatic hydroxyl groups is 2. The Morgan fingerprint density at radius 3 is 1.87 bits per heavy atom. The molecule has 0 amide bonds. The summed E-state index contributed by atoms with van der Waals surface area (Å²) in [4.78, 5) is 0. The van der Waals surface area contributed by atoms with Crippen LogP contribution in [-0.2, 0) is 33.2 Å². The third kappa shape index (κ3) is 8.09. The van der Waals surface area contributed by atoms with Gasteiger partial charge in [-0.15, -0.1) is 0 Å². The first-order valence-electron chi connectivity index (χ1n) is 18.0. The van der Waals surface area contributed by atoms with Gasteiger partial charge in [-0.2, -0.15) is 0 Å². The number of hydrogen-bond acceptors (Lipinski definition) is 9. The molecule has 20 atom stereocenters. The Kier molecular flexibility index (Phi) is 15.4. The molecule has 0 bridgehead atoms. The predicted octanol–water partition coefficient (Wildman–Crippen LogP) is 5.78. The summed E-state index contributed by atoms with van der Waals surface area (Å²) < 4.78 is 44.8. The molecular formula is C36H66AcO9. The van der Waals surface area contributed by atoms with Crippen molar-refractivity contribution in [1.82, 2.24) is 0 Å². The number of rotatable bonds is 12. The zero-order valence-electron chi connectivity index (χ0n) is 30.9. The fourth-order valence-corrected chi connectivity index (χ4v) is 8.74. The van der Waals surface area contributed by atoms with Crippen LogP contribution in [0.5, 0.6) is 0 Å². The van der Waals surface area contributed by atoms with Crippen LogP contribution in [0.1, 0.15) is 102 Å². The van der Waals surface area contributed by atoms with E-state index in [0.717, 1.165) is 12.8 Å². The van der Waals surface area contributed by atoms with Crippen LogP contribution in [0.25, 0.3) is 0 Å². The topological polar surface area (TPSA) is 105 Å². The number of aliphatic hydroxyl groups excluding tert-OH is 2. The van der Waals surface area contributed by atoms with E-state index in [2.05, 4.69) is 69.2 Å². The maximum atomic E-state index is 11.6. The summed E-state index contributed by atoms with van der Waals surface area (Å²) in [7, 11) is 1.71. The van der Waals surface area contributed by atoms with E-state index >= 15 is 0 Å². The predicted molar refractivity (Wildman–Crippen MR) is 172 cm³/mol. The minimum atomic E-state index is -1.00. The van der Waals surface area contributed by atoms with E-state index in [9.17, 15) is 10.2 Å². The second kappa shape index (κ2) is 17.1. The molecule has 46 heavy (non-hydrogen) atoms. The van der Waals surface area contributed by atoms with Crippen molar-refractivity contribution in [2.45, 2.75) is 176 Å². The van der Waals surface area contributed by atoms with E-state index in [0.29, 0.717) is 18.3 Å². The molecule has 3 heterocycles. The first-order chi connectivity index (χ1) is 21.2. The number of ether oxygens (including phenoxy) is 7. The van der Waals surface area contributed by atoms with Crippen molar-refractivity contribution in [3.8, 4) is 0 Å². The Morgan fingerprint density at radius 2 is 1.30 bits per heavy atom. The van der Waals surface area contributed by atoms with Crippen LogP contribution in [0.15, 0.2) is 0 Å². The Bertz CT molecular complexity index is 941. The molecule has 10 unspecified atom stereocenters. The second-order valence-corrected chi connectivity index (χ2v) is 15.2. The van der Waals surface area contributed by atoms with Crippen LogP contribution in [0.3, 0.4) is 0 Å². The van der Waals surface area contributed by atoms with Crippen LogP contribution < -0.4 is 0 Å². The third-order valence-electron chi connectivity index (χ3n) is 12.7. The molecule has 9 nitrogen and oxygen atoms in total. The normalized spacial score (nSPS) is 50.8. The van der Waals surface area contributed by atoms with Gasteiger partial charge in [0, 0.05) is 80.8 Å². The summed E-state index contributed by atoms with van der Waals surface area (Å²) in [6, 6.07) is 0. The van der Waals surface area contributed by atoms with Crippen molar-refractivity contribution >= 4 is 0 Å². The monoisotopic (exact) mass is 869 g/mol. The number of hydrogen-bond donors (Lipinski definition) is 2. The Hall–Kier alpha value is 1.08. The minimum absolute atomic E-state index is 0. The summed E-state index contributed by atoms with van der Waals surface area (Å²) >= 11 is 0. The molecule has 4 rings (SSSR count). The maximum absolute atomic E-state index is 11.6. The van der Waals surface area contributed by atoms with Gasteiger partial charge in [-0.3, -0.25) is 0 Å². The second-order valence-electron chi connectivity index (χ2n) is 15.2. The van der Waals surface area contributed by atoms with E-state index in [4.69, 9.17) is 33.2 Å². The Morgan fingerprint density at radius 1 is 0.717 bits per heavy atom. The molecule has 1 saturated carbocycles. The van der Waals surface area contributed by atoms with Gasteiger partial charge in [-0.05, 0) is 51.4 Å². The zero-order chi connectivity index (χ0) is 33.5. The summed E-state index contributed by atoms with van der Waals surface area (Å²) in [5.41, 5.74) is -0.527. The van der Waals surface area contributed by atoms with Gasteiger partial charge in [0.1, 0.15) is 12.2 Å². The molecule has 1 aliphatic carbocycles. The molecule has 3 aliphatic heterocycles. The van der Waals surface area contributed by atoms with Crippen molar-refractivity contribution < 1.29 is 87.4 Å². The van der Waals surface area contributed by atoms with Gasteiger partial charge in [-0.25, -0.2) is 0 Å². The smallest absolute Gasteiger partial charge is 0.163 e. The van der Waals surface area contributed by atoms with E-state index in [1.807, 2.05) is 13.8 Å². The van der Waals surface area contributed by atoms with E-state index in [1.54, 1.807) is 7.11 Å². The SMILES string of the molecule is CCC1O[C@H](C)C(C)C(OC)[C@@H]1O[C@@H](O)C(C)[C@@H]1[C@H](CC)C1(C)O[C@@H]1OC(CC)[C@H](O[C@H]2OC(C)[C@@H](C)C(C)C2C)[C@H](O)C1C.[Ac]. The molecule has 0 aromatic rings. The molecule has 0 aromatic carbocycles. The van der Waals surface area contributed by atoms with Crippen molar-refractivity contribution in [2.75, 3.05) is 7.11 Å². The van der Waals surface area contributed by atoms with Gasteiger partial charge in [0.15, 0.2) is 18.9 Å². The average Bonchev–Trinajstić information content (AvgIpc) is 3.62. The third-order valence-corrected chi connectivity index (χ3v) is 12.7. The Balaban J connectivity index is 0.00000576. The van der Waals surface area contributed by atoms with E-state index in [-0.39, 0.29) is 116 Å². The number of methoxy groups -OCH3 is 1. The molecular weight excluding hydrogens is 803 g/mol. The van der Waals surface area contributed by atoms with Crippen molar-refractivity contribution in [1.29, 1.82) is 0 Å². The van der Waals surface area contributed by atoms with Crippen molar-refractivity contribution in [2.24, 2.45) is 47.3 Å². The fourth-order valence-electron chi connectivity index (χ4n) is 8.74. The summed E-state index contributed by atoms with van der Waals surface area (Å²) in [5.74, 6) is 1.000. The average molecular weight is 870 g/mol. The largest absolute Gasteiger partial charge is 0.390 e. The maximum Gasteiger partial charge on any atom is 0.163 e. The summed E-state index contributed by atoms with van der Waals surface area (Å²) in [6.45, 7) is 25.3. The van der Waals surface area contributed by atoms with Gasteiger partial charge in [-0.1, -0.05) is 68.7 Å². The quantitative estimate of drug-likeness (QED) is 0.237.